The molecule has 10 heteroatoms. The monoisotopic (exact) mass is 479 g/mol. The molecule has 0 fully saturated rings. The first-order valence-electron chi connectivity index (χ1n) is 11.2. The van der Waals surface area contributed by atoms with Crippen LogP contribution in [0.25, 0.3) is 16.9 Å². The van der Waals surface area contributed by atoms with E-state index in [0.717, 1.165) is 23.9 Å². The number of aromatic nitrogens is 5. The van der Waals surface area contributed by atoms with Crippen molar-refractivity contribution in [3.63, 3.8) is 0 Å². The minimum absolute atomic E-state index is 0.252. The van der Waals surface area contributed by atoms with E-state index in [1.807, 2.05) is 16.8 Å². The Hall–Kier alpha value is -3.50. The summed E-state index contributed by atoms with van der Waals surface area (Å²) in [5.41, 5.74) is 2.72. The normalized spacial score (nSPS) is 11.6. The Morgan fingerprint density at radius 1 is 1.09 bits per heavy atom. The molecule has 0 unspecified atom stereocenters. The lowest BCUT2D eigenvalue weighted by molar-refractivity contribution is 0.0520. The second kappa shape index (κ2) is 10.2. The van der Waals surface area contributed by atoms with Gasteiger partial charge >= 0.3 is 5.97 Å². The fourth-order valence-corrected chi connectivity index (χ4v) is 4.01. The van der Waals surface area contributed by atoms with Gasteiger partial charge < -0.3 is 18.6 Å². The molecule has 34 heavy (non-hydrogen) atoms. The largest absolute Gasteiger partial charge is 0.461 e. The second-order valence-electron chi connectivity index (χ2n) is 9.03. The topological polar surface area (TPSA) is 92.8 Å². The van der Waals surface area contributed by atoms with Crippen molar-refractivity contribution in [1.82, 2.24) is 24.1 Å². The maximum Gasteiger partial charge on any atom is 0.358 e. The van der Waals surface area contributed by atoms with E-state index >= 15 is 0 Å². The van der Waals surface area contributed by atoms with Crippen LogP contribution >= 0.6 is 0 Å². The van der Waals surface area contributed by atoms with Gasteiger partial charge in [0.1, 0.15) is 18.1 Å². The Morgan fingerprint density at radius 3 is 2.68 bits per heavy atom. The molecule has 4 aromatic rings. The molecule has 0 amide bonds. The highest BCUT2D eigenvalue weighted by Gasteiger charge is 2.14. The van der Waals surface area contributed by atoms with Gasteiger partial charge in [-0.3, -0.25) is 0 Å². The lowest BCUT2D eigenvalue weighted by atomic mass is 10.2. The molecular weight excluding hydrogens is 450 g/mol. The molecule has 0 aliphatic rings. The zero-order valence-electron chi connectivity index (χ0n) is 19.9. The second-order valence-corrected chi connectivity index (χ2v) is 14.6. The van der Waals surface area contributed by atoms with Gasteiger partial charge in [0.25, 0.3) is 0 Å². The molecule has 0 radical (unpaired) electrons. The highest BCUT2D eigenvalue weighted by molar-refractivity contribution is 6.76. The number of nitrogens with zero attached hydrogens (tertiary/aromatic N) is 5. The van der Waals surface area contributed by atoms with Gasteiger partial charge in [-0.2, -0.15) is 5.10 Å². The predicted octanol–water partition coefficient (Wildman–Crippen LogP) is 4.87. The van der Waals surface area contributed by atoms with Gasteiger partial charge in [-0.15, -0.1) is 0 Å². The van der Waals surface area contributed by atoms with Crippen molar-refractivity contribution in [3.05, 3.63) is 60.8 Å². The predicted molar refractivity (Wildman–Crippen MR) is 131 cm³/mol. The Balaban J connectivity index is 1.41. The molecule has 4 rings (SSSR count). The number of ether oxygens (including phenoxy) is 3. The molecule has 0 spiro atoms. The van der Waals surface area contributed by atoms with E-state index in [9.17, 15) is 4.79 Å². The molecule has 0 bridgehead atoms. The first kappa shape index (κ1) is 23.6. The summed E-state index contributed by atoms with van der Waals surface area (Å²) >= 11 is 0. The summed E-state index contributed by atoms with van der Waals surface area (Å²) in [6, 6.07) is 10.3. The molecule has 4 heterocycles. The van der Waals surface area contributed by atoms with Crippen LogP contribution in [0.1, 0.15) is 17.4 Å². The van der Waals surface area contributed by atoms with Gasteiger partial charge in [-0.25, -0.2) is 19.4 Å². The van der Waals surface area contributed by atoms with Crippen molar-refractivity contribution in [2.45, 2.75) is 39.3 Å². The van der Waals surface area contributed by atoms with E-state index in [4.69, 9.17) is 14.2 Å². The van der Waals surface area contributed by atoms with E-state index in [0.29, 0.717) is 30.6 Å². The van der Waals surface area contributed by atoms with Crippen LogP contribution in [0.4, 0.5) is 0 Å². The van der Waals surface area contributed by atoms with Gasteiger partial charge in [-0.1, -0.05) is 19.6 Å². The summed E-state index contributed by atoms with van der Waals surface area (Å²) in [7, 11) is -1.12. The number of fused-ring (bicyclic) bond motifs is 1. The minimum Gasteiger partial charge on any atom is -0.461 e. The standard InChI is InChI=1S/C24H29N5O4Si/c1-5-32-24(30)20-16-28-15-19(7-8-22(28)27-20)33-23-9-6-18(14-25-23)21-10-11-26-29(21)17-31-12-13-34(2,3)4/h6-11,14-16H,5,12-13,17H2,1-4H3. The lowest BCUT2D eigenvalue weighted by Crippen LogP contribution is -2.22. The highest BCUT2D eigenvalue weighted by atomic mass is 28.3. The highest BCUT2D eigenvalue weighted by Crippen LogP contribution is 2.24. The third-order valence-corrected chi connectivity index (χ3v) is 6.79. The third-order valence-electron chi connectivity index (χ3n) is 5.09. The maximum absolute atomic E-state index is 11.9. The average Bonchev–Trinajstić information content (AvgIpc) is 3.44. The first-order chi connectivity index (χ1) is 16.3. The maximum atomic E-state index is 11.9. The molecule has 0 aliphatic heterocycles. The quantitative estimate of drug-likeness (QED) is 0.182. The van der Waals surface area contributed by atoms with Gasteiger partial charge in [0.15, 0.2) is 5.69 Å². The summed E-state index contributed by atoms with van der Waals surface area (Å²) in [6.07, 6.45) is 6.86. The van der Waals surface area contributed by atoms with Crippen molar-refractivity contribution >= 4 is 19.7 Å². The van der Waals surface area contributed by atoms with E-state index < -0.39 is 14.0 Å². The number of hydrogen-bond acceptors (Lipinski definition) is 7. The van der Waals surface area contributed by atoms with Crippen LogP contribution in [0.3, 0.4) is 0 Å². The van der Waals surface area contributed by atoms with Crippen LogP contribution in [-0.4, -0.2) is 51.4 Å². The van der Waals surface area contributed by atoms with E-state index in [-0.39, 0.29) is 5.69 Å². The molecule has 0 aliphatic carbocycles. The van der Waals surface area contributed by atoms with Crippen LogP contribution < -0.4 is 4.74 Å². The van der Waals surface area contributed by atoms with Crippen molar-refractivity contribution in [3.8, 4) is 22.9 Å². The number of esters is 1. The molecular formula is C24H29N5O4Si. The van der Waals surface area contributed by atoms with Crippen molar-refractivity contribution in [1.29, 1.82) is 0 Å². The number of hydrogen-bond donors (Lipinski definition) is 0. The van der Waals surface area contributed by atoms with E-state index in [1.54, 1.807) is 54.3 Å². The van der Waals surface area contributed by atoms with Crippen molar-refractivity contribution in [2.24, 2.45) is 0 Å². The first-order valence-corrected chi connectivity index (χ1v) is 14.9. The van der Waals surface area contributed by atoms with Crippen LogP contribution in [-0.2, 0) is 16.2 Å². The zero-order valence-corrected chi connectivity index (χ0v) is 20.9. The van der Waals surface area contributed by atoms with Gasteiger partial charge in [0.2, 0.25) is 5.88 Å². The molecule has 0 saturated heterocycles. The molecule has 0 N–H and O–H groups in total. The molecule has 0 aromatic carbocycles. The summed E-state index contributed by atoms with van der Waals surface area (Å²) in [5, 5.41) is 4.37. The molecule has 0 saturated carbocycles. The van der Waals surface area contributed by atoms with Gasteiger partial charge in [-0.05, 0) is 37.2 Å². The number of pyridine rings is 2. The van der Waals surface area contributed by atoms with Gasteiger partial charge in [0.05, 0.1) is 18.5 Å². The summed E-state index contributed by atoms with van der Waals surface area (Å²) < 4.78 is 20.3. The van der Waals surface area contributed by atoms with Crippen LogP contribution in [0.15, 0.2) is 55.1 Å². The molecule has 4 aromatic heterocycles. The molecule has 9 nitrogen and oxygen atoms in total. The third kappa shape index (κ3) is 5.89. The Bertz CT molecular complexity index is 1260. The van der Waals surface area contributed by atoms with E-state index in [2.05, 4.69) is 34.7 Å². The molecule has 178 valence electrons. The minimum atomic E-state index is -1.12. The molecule has 0 atom stereocenters. The SMILES string of the molecule is CCOC(=O)c1cn2cc(Oc3ccc(-c4ccnn4COCC[Si](C)(C)C)cn3)ccc2n1. The fraction of sp³-hybridized carbons (Fsp3) is 0.333. The number of rotatable bonds is 10. The van der Waals surface area contributed by atoms with Gasteiger partial charge in [0, 0.05) is 44.9 Å². The number of carbonyl (C=O) groups excluding carboxylic acids is 1. The van der Waals surface area contributed by atoms with Crippen LogP contribution in [0, 0.1) is 0 Å². The van der Waals surface area contributed by atoms with Crippen molar-refractivity contribution < 1.29 is 19.0 Å². The van der Waals surface area contributed by atoms with Crippen molar-refractivity contribution in [2.75, 3.05) is 13.2 Å². The summed E-state index contributed by atoms with van der Waals surface area (Å²) in [6.45, 7) is 10.2. The summed E-state index contributed by atoms with van der Waals surface area (Å²) in [4.78, 5) is 20.6. The van der Waals surface area contributed by atoms with Crippen LogP contribution in [0.5, 0.6) is 11.6 Å². The van der Waals surface area contributed by atoms with E-state index in [1.165, 1.54) is 0 Å². The fourth-order valence-electron chi connectivity index (χ4n) is 3.26. The zero-order chi connectivity index (χ0) is 24.1. The Labute approximate surface area is 199 Å². The average molecular weight is 480 g/mol. The summed E-state index contributed by atoms with van der Waals surface area (Å²) in [5.74, 6) is 0.569. The lowest BCUT2D eigenvalue weighted by Gasteiger charge is -2.16. The Morgan fingerprint density at radius 2 is 1.94 bits per heavy atom. The Kier molecular flexibility index (Phi) is 7.08. The number of imidazole rings is 1. The van der Waals surface area contributed by atoms with Crippen LogP contribution in [0.2, 0.25) is 25.7 Å². The number of carbonyl (C=O) groups is 1. The smallest absolute Gasteiger partial charge is 0.358 e.